The van der Waals surface area contributed by atoms with Crippen LogP contribution in [0.5, 0.6) is 5.75 Å². The second-order valence-corrected chi connectivity index (χ2v) is 8.75. The summed E-state index contributed by atoms with van der Waals surface area (Å²) in [5.74, 6) is 2.55. The average molecular weight is 501 g/mol. The molecule has 0 saturated carbocycles. The quantitative estimate of drug-likeness (QED) is 0.169. The lowest BCUT2D eigenvalue weighted by atomic mass is 10.1. The second-order valence-electron chi connectivity index (χ2n) is 7.49. The molecular formula is C27H21ClN4O2S. The summed E-state index contributed by atoms with van der Waals surface area (Å²) >= 11 is 7.69. The summed E-state index contributed by atoms with van der Waals surface area (Å²) in [5, 5.41) is 10.5. The second kappa shape index (κ2) is 11.3. The summed E-state index contributed by atoms with van der Waals surface area (Å²) in [4.78, 5) is 17.1. The van der Waals surface area contributed by atoms with Crippen molar-refractivity contribution in [2.75, 3.05) is 11.9 Å². The molecule has 0 radical (unpaired) electrons. The number of aromatic nitrogens is 1. The first-order chi connectivity index (χ1) is 17.0. The normalized spacial score (nSPS) is 10.7. The van der Waals surface area contributed by atoms with Crippen molar-refractivity contribution >= 4 is 45.9 Å². The van der Waals surface area contributed by atoms with Crippen LogP contribution in [0.2, 0.25) is 5.02 Å². The number of halogens is 1. The van der Waals surface area contributed by atoms with Crippen molar-refractivity contribution in [2.24, 2.45) is 5.10 Å². The Morgan fingerprint density at radius 2 is 1.94 bits per heavy atom. The molecule has 0 atom stereocenters. The lowest BCUT2D eigenvalue weighted by Gasteiger charge is -2.05. The maximum Gasteiger partial charge on any atom is 0.271 e. The molecule has 6 nitrogen and oxygen atoms in total. The van der Waals surface area contributed by atoms with E-state index in [0.29, 0.717) is 21.9 Å². The van der Waals surface area contributed by atoms with Crippen LogP contribution in [0.1, 0.15) is 21.5 Å². The SMILES string of the molecule is C#CCOc1ccc(/C=N\NC(=O)c2ccc(-c3csc(Nc4ccc(C)cc4)n3)cc2)cc1Cl. The van der Waals surface area contributed by atoms with Gasteiger partial charge in [-0.2, -0.15) is 5.10 Å². The summed E-state index contributed by atoms with van der Waals surface area (Å²) in [7, 11) is 0. The lowest BCUT2D eigenvalue weighted by molar-refractivity contribution is 0.0955. The highest BCUT2D eigenvalue weighted by molar-refractivity contribution is 7.14. The summed E-state index contributed by atoms with van der Waals surface area (Å²) in [5.41, 5.74) is 7.64. The highest BCUT2D eigenvalue weighted by atomic mass is 35.5. The van der Waals surface area contributed by atoms with Gasteiger partial charge in [0.1, 0.15) is 12.4 Å². The van der Waals surface area contributed by atoms with E-state index in [1.54, 1.807) is 30.3 Å². The van der Waals surface area contributed by atoms with Crippen LogP contribution in [0.4, 0.5) is 10.8 Å². The zero-order valence-electron chi connectivity index (χ0n) is 18.8. The van der Waals surface area contributed by atoms with Crippen molar-refractivity contribution in [1.29, 1.82) is 0 Å². The molecule has 0 unspecified atom stereocenters. The fourth-order valence-corrected chi connectivity index (χ4v) is 4.06. The van der Waals surface area contributed by atoms with Gasteiger partial charge in [0.15, 0.2) is 5.13 Å². The number of aryl methyl sites for hydroxylation is 1. The van der Waals surface area contributed by atoms with Crippen LogP contribution in [0, 0.1) is 19.3 Å². The van der Waals surface area contributed by atoms with Gasteiger partial charge >= 0.3 is 0 Å². The van der Waals surface area contributed by atoms with Gasteiger partial charge in [0.2, 0.25) is 0 Å². The van der Waals surface area contributed by atoms with Crippen molar-refractivity contribution in [1.82, 2.24) is 10.4 Å². The molecule has 0 aliphatic rings. The molecule has 174 valence electrons. The maximum absolute atomic E-state index is 12.4. The van der Waals surface area contributed by atoms with Gasteiger partial charge in [0.25, 0.3) is 5.91 Å². The minimum atomic E-state index is -0.326. The number of nitrogens with one attached hydrogen (secondary N) is 2. The third-order valence-electron chi connectivity index (χ3n) is 4.90. The minimum absolute atomic E-state index is 0.135. The predicted molar refractivity (Wildman–Crippen MR) is 143 cm³/mol. The minimum Gasteiger partial charge on any atom is -0.479 e. The Morgan fingerprint density at radius 3 is 2.66 bits per heavy atom. The lowest BCUT2D eigenvalue weighted by Crippen LogP contribution is -2.17. The van der Waals surface area contributed by atoms with Crippen LogP contribution in [-0.4, -0.2) is 23.7 Å². The van der Waals surface area contributed by atoms with Gasteiger partial charge in [-0.15, -0.1) is 17.8 Å². The number of anilines is 2. The van der Waals surface area contributed by atoms with Crippen LogP contribution in [0.15, 0.2) is 77.2 Å². The highest BCUT2D eigenvalue weighted by Gasteiger charge is 2.08. The van der Waals surface area contributed by atoms with Crippen LogP contribution in [0.3, 0.4) is 0 Å². The summed E-state index contributed by atoms with van der Waals surface area (Å²) < 4.78 is 5.33. The number of nitrogens with zero attached hydrogens (tertiary/aromatic N) is 2. The molecule has 1 aromatic heterocycles. The fourth-order valence-electron chi connectivity index (χ4n) is 3.08. The molecule has 3 aromatic carbocycles. The number of terminal acetylenes is 1. The number of carbonyl (C=O) groups is 1. The topological polar surface area (TPSA) is 75.6 Å². The molecule has 0 bridgehead atoms. The molecule has 35 heavy (non-hydrogen) atoms. The van der Waals surface area contributed by atoms with E-state index in [4.69, 9.17) is 22.8 Å². The molecule has 8 heteroatoms. The Balaban J connectivity index is 1.34. The Bertz CT molecular complexity index is 1390. The summed E-state index contributed by atoms with van der Waals surface area (Å²) in [6.07, 6.45) is 6.68. The van der Waals surface area contributed by atoms with Crippen LogP contribution < -0.4 is 15.5 Å². The number of hydrazone groups is 1. The van der Waals surface area contributed by atoms with Gasteiger partial charge < -0.3 is 10.1 Å². The third kappa shape index (κ3) is 6.48. The standard InChI is InChI=1S/C27H21ClN4O2S/c1-3-14-34-25-13-6-19(15-23(25)28)16-29-32-26(33)21-9-7-20(8-10-21)24-17-35-27(31-24)30-22-11-4-18(2)5-12-22/h1,4-13,15-17H,14H2,2H3,(H,30,31)(H,32,33)/b29-16-. The summed E-state index contributed by atoms with van der Waals surface area (Å²) in [6, 6.07) is 20.5. The molecule has 2 N–H and O–H groups in total. The number of amides is 1. The molecular weight excluding hydrogens is 480 g/mol. The molecule has 0 fully saturated rings. The zero-order chi connectivity index (χ0) is 24.6. The Morgan fingerprint density at radius 1 is 1.17 bits per heavy atom. The van der Waals surface area contributed by atoms with Gasteiger partial charge in [-0.25, -0.2) is 10.4 Å². The average Bonchev–Trinajstić information content (AvgIpc) is 3.33. The van der Waals surface area contributed by atoms with Crippen LogP contribution in [0.25, 0.3) is 11.3 Å². The largest absolute Gasteiger partial charge is 0.479 e. The van der Waals surface area contributed by atoms with Gasteiger partial charge in [-0.3, -0.25) is 4.79 Å². The Hall–Kier alpha value is -4.12. The number of hydrogen-bond acceptors (Lipinski definition) is 6. The van der Waals surface area contributed by atoms with Crippen LogP contribution in [-0.2, 0) is 0 Å². The fraction of sp³-hybridized carbons (Fsp3) is 0.0741. The van der Waals surface area contributed by atoms with E-state index in [0.717, 1.165) is 22.1 Å². The first-order valence-electron chi connectivity index (χ1n) is 10.6. The molecule has 1 heterocycles. The van der Waals surface area contributed by atoms with Crippen molar-refractivity contribution in [3.63, 3.8) is 0 Å². The molecule has 0 spiro atoms. The van der Waals surface area contributed by atoms with Crippen molar-refractivity contribution in [3.05, 3.63) is 93.8 Å². The monoisotopic (exact) mass is 500 g/mol. The number of carbonyl (C=O) groups excluding carboxylic acids is 1. The molecule has 4 rings (SSSR count). The first-order valence-corrected chi connectivity index (χ1v) is 11.9. The first kappa shape index (κ1) is 24.0. The van der Waals surface area contributed by atoms with Gasteiger partial charge in [-0.1, -0.05) is 47.4 Å². The maximum atomic E-state index is 12.4. The smallest absolute Gasteiger partial charge is 0.271 e. The van der Waals surface area contributed by atoms with E-state index in [9.17, 15) is 4.79 Å². The van der Waals surface area contributed by atoms with E-state index in [1.165, 1.54) is 23.1 Å². The number of thiazole rings is 1. The predicted octanol–water partition coefficient (Wildman–Crippen LogP) is 6.29. The third-order valence-corrected chi connectivity index (χ3v) is 5.95. The van der Waals surface area contributed by atoms with Gasteiger partial charge in [-0.05, 0) is 55.0 Å². The van der Waals surface area contributed by atoms with E-state index >= 15 is 0 Å². The highest BCUT2D eigenvalue weighted by Crippen LogP contribution is 2.28. The van der Waals surface area contributed by atoms with Crippen molar-refractivity contribution in [2.45, 2.75) is 6.92 Å². The number of benzene rings is 3. The van der Waals surface area contributed by atoms with E-state index in [2.05, 4.69) is 33.7 Å². The van der Waals surface area contributed by atoms with Crippen molar-refractivity contribution < 1.29 is 9.53 Å². The molecule has 4 aromatic rings. The molecule has 0 aliphatic carbocycles. The van der Waals surface area contributed by atoms with Crippen LogP contribution >= 0.6 is 22.9 Å². The van der Waals surface area contributed by atoms with Crippen molar-refractivity contribution in [3.8, 4) is 29.4 Å². The number of ether oxygens (including phenoxy) is 1. The van der Waals surface area contributed by atoms with E-state index in [1.807, 2.05) is 41.8 Å². The van der Waals surface area contributed by atoms with E-state index in [-0.39, 0.29) is 12.5 Å². The molecule has 0 aliphatic heterocycles. The molecule has 1 amide bonds. The van der Waals surface area contributed by atoms with Gasteiger partial charge in [0.05, 0.1) is 16.9 Å². The van der Waals surface area contributed by atoms with Gasteiger partial charge in [0, 0.05) is 22.2 Å². The number of hydrogen-bond donors (Lipinski definition) is 2. The Kier molecular flexibility index (Phi) is 7.78. The van der Waals surface area contributed by atoms with E-state index < -0.39 is 0 Å². The zero-order valence-corrected chi connectivity index (χ0v) is 20.4. The molecule has 0 saturated heterocycles. The summed E-state index contributed by atoms with van der Waals surface area (Å²) in [6.45, 7) is 2.19. The Labute approximate surface area is 212 Å². The number of rotatable bonds is 8.